The highest BCUT2D eigenvalue weighted by molar-refractivity contribution is 7.98. The third-order valence-corrected chi connectivity index (χ3v) is 6.48. The van der Waals surface area contributed by atoms with Gasteiger partial charge in [0.15, 0.2) is 5.69 Å². The largest absolute Gasteiger partial charge is 0.361 e. The summed E-state index contributed by atoms with van der Waals surface area (Å²) in [5.41, 5.74) is 3.99. The number of fused-ring (bicyclic) bond motifs is 1. The highest BCUT2D eigenvalue weighted by Crippen LogP contribution is 2.29. The summed E-state index contributed by atoms with van der Waals surface area (Å²) in [6.45, 7) is 1.89. The Kier molecular flexibility index (Phi) is 4.78. The van der Waals surface area contributed by atoms with Crippen LogP contribution in [0.5, 0.6) is 0 Å². The summed E-state index contributed by atoms with van der Waals surface area (Å²) in [4.78, 5) is 13.3. The minimum Gasteiger partial charge on any atom is -0.361 e. The predicted octanol–water partition coefficient (Wildman–Crippen LogP) is 2.62. The molecule has 3 heterocycles. The second-order valence-electron chi connectivity index (χ2n) is 7.31. The average Bonchev–Trinajstić information content (AvgIpc) is 3.45. The van der Waals surface area contributed by atoms with E-state index >= 15 is 0 Å². The summed E-state index contributed by atoms with van der Waals surface area (Å²) < 4.78 is 10.5. The number of thioether (sulfide) groups is 1. The third-order valence-electron chi connectivity index (χ3n) is 5.55. The number of rotatable bonds is 5. The number of tetrazole rings is 1. The van der Waals surface area contributed by atoms with Gasteiger partial charge >= 0.3 is 0 Å². The van der Waals surface area contributed by atoms with Gasteiger partial charge in [0, 0.05) is 24.8 Å². The first kappa shape index (κ1) is 18.9. The van der Waals surface area contributed by atoms with Gasteiger partial charge in [-0.3, -0.25) is 9.48 Å². The van der Waals surface area contributed by atoms with E-state index in [1.54, 1.807) is 4.68 Å². The Morgan fingerprint density at radius 3 is 2.80 bits per heavy atom. The van der Waals surface area contributed by atoms with Gasteiger partial charge in [0.1, 0.15) is 5.76 Å². The molecule has 154 valence electrons. The Balaban J connectivity index is 1.48. The number of aryl methyl sites for hydroxylation is 1. The molecule has 0 saturated heterocycles. The number of hydrogen-bond donors (Lipinski definition) is 0. The van der Waals surface area contributed by atoms with Crippen molar-refractivity contribution in [2.45, 2.75) is 43.5 Å². The highest BCUT2D eigenvalue weighted by Gasteiger charge is 2.24. The summed E-state index contributed by atoms with van der Waals surface area (Å²) in [7, 11) is 1.85. The zero-order valence-electron chi connectivity index (χ0n) is 16.8. The first-order valence-electron chi connectivity index (χ1n) is 9.87. The van der Waals surface area contributed by atoms with Crippen LogP contribution in [-0.2, 0) is 25.6 Å². The van der Waals surface area contributed by atoms with Gasteiger partial charge < -0.3 is 4.52 Å². The van der Waals surface area contributed by atoms with Crippen LogP contribution in [0.15, 0.2) is 44.8 Å². The minimum atomic E-state index is -0.172. The van der Waals surface area contributed by atoms with E-state index in [-0.39, 0.29) is 5.56 Å². The van der Waals surface area contributed by atoms with Crippen molar-refractivity contribution >= 4 is 11.8 Å². The fourth-order valence-electron chi connectivity index (χ4n) is 3.90. The van der Waals surface area contributed by atoms with E-state index in [2.05, 4.69) is 20.7 Å². The summed E-state index contributed by atoms with van der Waals surface area (Å²) in [5.74, 6) is 1.60. The predicted molar refractivity (Wildman–Crippen MR) is 111 cm³/mol. The van der Waals surface area contributed by atoms with Gasteiger partial charge in [-0.1, -0.05) is 35.1 Å². The normalized spacial score (nSPS) is 13.5. The summed E-state index contributed by atoms with van der Waals surface area (Å²) in [6.07, 6.45) is 4.26. The summed E-state index contributed by atoms with van der Waals surface area (Å²) >= 11 is 1.45. The quantitative estimate of drug-likeness (QED) is 0.455. The molecule has 1 aliphatic rings. The van der Waals surface area contributed by atoms with E-state index < -0.39 is 0 Å². The first-order chi connectivity index (χ1) is 14.6. The van der Waals surface area contributed by atoms with E-state index in [1.165, 1.54) is 22.0 Å². The van der Waals surface area contributed by atoms with Crippen LogP contribution in [-0.4, -0.2) is 34.7 Å². The highest BCUT2D eigenvalue weighted by atomic mass is 32.2. The molecule has 0 saturated carbocycles. The van der Waals surface area contributed by atoms with E-state index in [0.717, 1.165) is 48.5 Å². The van der Waals surface area contributed by atoms with E-state index in [0.29, 0.717) is 16.6 Å². The summed E-state index contributed by atoms with van der Waals surface area (Å²) in [5, 5.41) is 16.9. The zero-order chi connectivity index (χ0) is 20.7. The van der Waals surface area contributed by atoms with Gasteiger partial charge in [-0.25, -0.2) is 4.68 Å². The fraction of sp³-hybridized carbons (Fsp3) is 0.350. The van der Waals surface area contributed by atoms with E-state index in [1.807, 2.05) is 49.0 Å². The molecule has 0 aliphatic heterocycles. The Labute approximate surface area is 176 Å². The second-order valence-corrected chi connectivity index (χ2v) is 8.25. The summed E-state index contributed by atoms with van der Waals surface area (Å²) in [6, 6.07) is 9.52. The number of benzene rings is 1. The molecule has 10 heteroatoms. The van der Waals surface area contributed by atoms with Crippen LogP contribution < -0.4 is 5.56 Å². The lowest BCUT2D eigenvalue weighted by atomic mass is 9.97. The average molecular weight is 424 g/mol. The molecule has 1 aromatic carbocycles. The maximum Gasteiger partial charge on any atom is 0.297 e. The van der Waals surface area contributed by atoms with Crippen molar-refractivity contribution in [1.82, 2.24) is 34.7 Å². The van der Waals surface area contributed by atoms with Crippen LogP contribution in [0, 0.1) is 6.92 Å². The van der Waals surface area contributed by atoms with Crippen molar-refractivity contribution in [3.8, 4) is 11.4 Å². The van der Waals surface area contributed by atoms with Gasteiger partial charge in [-0.2, -0.15) is 4.68 Å². The first-order valence-corrected chi connectivity index (χ1v) is 10.9. The molecule has 3 aromatic heterocycles. The zero-order valence-corrected chi connectivity index (χ0v) is 17.6. The topological polar surface area (TPSA) is 96.6 Å². The lowest BCUT2D eigenvalue weighted by Crippen LogP contribution is -2.22. The molecule has 0 fully saturated rings. The lowest BCUT2D eigenvalue weighted by molar-refractivity contribution is 0.369. The molecule has 4 aromatic rings. The molecule has 9 nitrogen and oxygen atoms in total. The van der Waals surface area contributed by atoms with Crippen molar-refractivity contribution in [3.05, 3.63) is 63.4 Å². The lowest BCUT2D eigenvalue weighted by Gasteiger charge is -2.08. The van der Waals surface area contributed by atoms with Gasteiger partial charge in [-0.15, -0.1) is 5.10 Å². The van der Waals surface area contributed by atoms with Crippen LogP contribution in [0.2, 0.25) is 0 Å². The van der Waals surface area contributed by atoms with Crippen LogP contribution in [0.1, 0.15) is 35.6 Å². The van der Waals surface area contributed by atoms with Crippen molar-refractivity contribution in [2.24, 2.45) is 7.05 Å². The van der Waals surface area contributed by atoms with E-state index in [9.17, 15) is 4.79 Å². The third kappa shape index (κ3) is 3.07. The number of nitrogens with zero attached hydrogens (tertiary/aromatic N) is 7. The van der Waals surface area contributed by atoms with Gasteiger partial charge in [0.25, 0.3) is 5.56 Å². The SMILES string of the molecule is Cc1c(-n2nnnc2SCc2noc3c2CCCC3)c(=O)n(-c2ccccc2)n1C. The molecule has 0 atom stereocenters. The maximum absolute atomic E-state index is 13.3. The molecule has 5 rings (SSSR count). The van der Waals surface area contributed by atoms with Crippen LogP contribution >= 0.6 is 11.8 Å². The van der Waals surface area contributed by atoms with Gasteiger partial charge in [0.2, 0.25) is 5.16 Å². The standard InChI is InChI=1S/C20H21N7O2S/c1-13-18(19(28)27(25(13)2)14-8-4-3-5-9-14)26-20(21-23-24-26)30-12-16-15-10-6-7-11-17(15)29-22-16/h3-5,8-9H,6-7,10-12H2,1-2H3. The molecule has 30 heavy (non-hydrogen) atoms. The molecular weight excluding hydrogens is 402 g/mol. The van der Waals surface area contributed by atoms with Gasteiger partial charge in [0.05, 0.1) is 17.1 Å². The van der Waals surface area contributed by atoms with Crippen LogP contribution in [0.4, 0.5) is 0 Å². The van der Waals surface area contributed by atoms with Crippen molar-refractivity contribution in [2.75, 3.05) is 0 Å². The van der Waals surface area contributed by atoms with Gasteiger partial charge in [-0.05, 0) is 48.7 Å². The Morgan fingerprint density at radius 2 is 1.97 bits per heavy atom. The monoisotopic (exact) mass is 423 g/mol. The molecule has 0 bridgehead atoms. The second kappa shape index (κ2) is 7.60. The molecule has 0 unspecified atom stereocenters. The Morgan fingerprint density at radius 1 is 1.17 bits per heavy atom. The number of hydrogen-bond acceptors (Lipinski definition) is 7. The molecule has 0 N–H and O–H groups in total. The molecule has 1 aliphatic carbocycles. The molecule has 0 amide bonds. The van der Waals surface area contributed by atoms with Crippen LogP contribution in [0.25, 0.3) is 11.4 Å². The van der Waals surface area contributed by atoms with Crippen molar-refractivity contribution in [3.63, 3.8) is 0 Å². The van der Waals surface area contributed by atoms with Crippen molar-refractivity contribution in [1.29, 1.82) is 0 Å². The van der Waals surface area contributed by atoms with Crippen LogP contribution in [0.3, 0.4) is 0 Å². The Hall–Kier alpha value is -3.14. The Bertz CT molecular complexity index is 1250. The number of aromatic nitrogens is 7. The fourth-order valence-corrected chi connectivity index (χ4v) is 4.74. The van der Waals surface area contributed by atoms with E-state index in [4.69, 9.17) is 4.52 Å². The molecule has 0 spiro atoms. The maximum atomic E-state index is 13.3. The van der Waals surface area contributed by atoms with Crippen molar-refractivity contribution < 1.29 is 4.52 Å². The smallest absolute Gasteiger partial charge is 0.297 e. The molecular formula is C20H21N7O2S. The molecule has 0 radical (unpaired) electrons. The number of para-hydroxylation sites is 1. The minimum absolute atomic E-state index is 0.172.